The third-order valence-electron chi connectivity index (χ3n) is 5.26. The molecule has 0 radical (unpaired) electrons. The summed E-state index contributed by atoms with van der Waals surface area (Å²) in [5.74, 6) is 1.96. The SMILES string of the molecule is I.NC(=NCC1CCCc2ccccc21)NC1CCOc2ccccc21. The molecule has 0 amide bonds. The first-order chi connectivity index (χ1) is 12.3. The van der Waals surface area contributed by atoms with Crippen molar-refractivity contribution in [2.75, 3.05) is 13.2 Å². The number of ether oxygens (including phenoxy) is 1. The van der Waals surface area contributed by atoms with Crippen LogP contribution < -0.4 is 15.8 Å². The standard InChI is InChI=1S/C21H25N3O.HI/c22-21(24-19-12-13-25-20-11-4-3-10-18(19)20)23-14-16-8-5-7-15-6-1-2-9-17(15)16;/h1-4,6,9-11,16,19H,5,7-8,12-14H2,(H3,22,23,24);1H. The number of nitrogens with zero attached hydrogens (tertiary/aromatic N) is 1. The maximum Gasteiger partial charge on any atom is 0.189 e. The first-order valence-corrected chi connectivity index (χ1v) is 9.17. The minimum absolute atomic E-state index is 0. The molecule has 0 saturated carbocycles. The lowest BCUT2D eigenvalue weighted by Gasteiger charge is -2.27. The predicted molar refractivity (Wildman–Crippen MR) is 116 cm³/mol. The number of nitrogens with two attached hydrogens (primary N) is 1. The molecule has 2 atom stereocenters. The van der Waals surface area contributed by atoms with Gasteiger partial charge in [-0.05, 0) is 36.5 Å². The normalized spacial score (nSPS) is 21.6. The lowest BCUT2D eigenvalue weighted by atomic mass is 9.83. The van der Waals surface area contributed by atoms with Crippen LogP contribution in [0, 0.1) is 0 Å². The fourth-order valence-electron chi connectivity index (χ4n) is 3.97. The maximum absolute atomic E-state index is 6.20. The van der Waals surface area contributed by atoms with Gasteiger partial charge in [0.05, 0.1) is 12.6 Å². The van der Waals surface area contributed by atoms with Crippen molar-refractivity contribution in [3.8, 4) is 5.75 Å². The van der Waals surface area contributed by atoms with Gasteiger partial charge >= 0.3 is 0 Å². The molecule has 5 heteroatoms. The molecule has 0 aromatic heterocycles. The van der Waals surface area contributed by atoms with Crippen LogP contribution in [0.4, 0.5) is 0 Å². The Morgan fingerprint density at radius 1 is 1.08 bits per heavy atom. The summed E-state index contributed by atoms with van der Waals surface area (Å²) >= 11 is 0. The largest absolute Gasteiger partial charge is 0.493 e. The Bertz CT molecular complexity index is 777. The molecule has 26 heavy (non-hydrogen) atoms. The van der Waals surface area contributed by atoms with Gasteiger partial charge in [0.2, 0.25) is 0 Å². The van der Waals surface area contributed by atoms with Crippen LogP contribution in [0.1, 0.15) is 47.9 Å². The van der Waals surface area contributed by atoms with E-state index in [-0.39, 0.29) is 30.0 Å². The number of hydrogen-bond donors (Lipinski definition) is 2. The van der Waals surface area contributed by atoms with E-state index < -0.39 is 0 Å². The number of guanidine groups is 1. The Balaban J connectivity index is 0.00000196. The molecule has 1 aliphatic carbocycles. The Labute approximate surface area is 172 Å². The molecule has 2 aliphatic rings. The fourth-order valence-corrected chi connectivity index (χ4v) is 3.97. The number of aliphatic imine (C=N–C) groups is 1. The van der Waals surface area contributed by atoms with Gasteiger partial charge in [-0.1, -0.05) is 42.5 Å². The number of aryl methyl sites for hydroxylation is 1. The summed E-state index contributed by atoms with van der Waals surface area (Å²) in [5.41, 5.74) is 10.3. The Hall–Kier alpha value is -1.76. The zero-order chi connectivity index (χ0) is 17.1. The zero-order valence-electron chi connectivity index (χ0n) is 14.9. The van der Waals surface area contributed by atoms with Gasteiger partial charge in [0.1, 0.15) is 5.75 Å². The topological polar surface area (TPSA) is 59.6 Å². The zero-order valence-corrected chi connectivity index (χ0v) is 17.2. The van der Waals surface area contributed by atoms with Crippen LogP contribution in [0.3, 0.4) is 0 Å². The van der Waals surface area contributed by atoms with Crippen LogP contribution in [0.5, 0.6) is 5.75 Å². The first-order valence-electron chi connectivity index (χ1n) is 9.17. The van der Waals surface area contributed by atoms with Crippen LogP contribution in [-0.2, 0) is 6.42 Å². The van der Waals surface area contributed by atoms with Crippen molar-refractivity contribution in [3.63, 3.8) is 0 Å². The summed E-state index contributed by atoms with van der Waals surface area (Å²) < 4.78 is 5.71. The molecule has 2 aromatic carbocycles. The van der Waals surface area contributed by atoms with Gasteiger partial charge < -0.3 is 15.8 Å². The molecule has 3 N–H and O–H groups in total. The molecule has 0 saturated heterocycles. The highest BCUT2D eigenvalue weighted by Crippen LogP contribution is 2.32. The number of rotatable bonds is 3. The van der Waals surface area contributed by atoms with E-state index in [1.165, 1.54) is 30.4 Å². The van der Waals surface area contributed by atoms with E-state index in [9.17, 15) is 0 Å². The smallest absolute Gasteiger partial charge is 0.189 e. The summed E-state index contributed by atoms with van der Waals surface area (Å²) in [6.45, 7) is 1.46. The number of nitrogens with one attached hydrogen (secondary N) is 1. The molecule has 138 valence electrons. The summed E-state index contributed by atoms with van der Waals surface area (Å²) in [7, 11) is 0. The van der Waals surface area contributed by atoms with Gasteiger partial charge in [-0.2, -0.15) is 0 Å². The Kier molecular flexibility index (Phi) is 6.40. The summed E-state index contributed by atoms with van der Waals surface area (Å²) in [6, 6.07) is 17.1. The van der Waals surface area contributed by atoms with Crippen molar-refractivity contribution in [2.24, 2.45) is 10.7 Å². The molecule has 2 aromatic rings. The van der Waals surface area contributed by atoms with E-state index in [0.29, 0.717) is 18.5 Å². The van der Waals surface area contributed by atoms with E-state index in [1.54, 1.807) is 0 Å². The summed E-state index contributed by atoms with van der Waals surface area (Å²) in [4.78, 5) is 4.66. The van der Waals surface area contributed by atoms with E-state index in [0.717, 1.165) is 24.3 Å². The monoisotopic (exact) mass is 463 g/mol. The van der Waals surface area contributed by atoms with E-state index in [4.69, 9.17) is 10.5 Å². The van der Waals surface area contributed by atoms with Gasteiger partial charge in [0, 0.05) is 24.4 Å². The van der Waals surface area contributed by atoms with Gasteiger partial charge in [-0.25, -0.2) is 0 Å². The Morgan fingerprint density at radius 3 is 2.73 bits per heavy atom. The van der Waals surface area contributed by atoms with Crippen LogP contribution in [0.2, 0.25) is 0 Å². The highest BCUT2D eigenvalue weighted by atomic mass is 127. The van der Waals surface area contributed by atoms with Gasteiger partial charge in [0.15, 0.2) is 5.96 Å². The van der Waals surface area contributed by atoms with Crippen molar-refractivity contribution < 1.29 is 4.74 Å². The first kappa shape index (κ1) is 19.0. The van der Waals surface area contributed by atoms with Crippen LogP contribution in [-0.4, -0.2) is 19.1 Å². The number of hydrogen-bond acceptors (Lipinski definition) is 2. The minimum Gasteiger partial charge on any atom is -0.493 e. The van der Waals surface area contributed by atoms with Crippen molar-refractivity contribution >= 4 is 29.9 Å². The van der Waals surface area contributed by atoms with Gasteiger partial charge in [0.25, 0.3) is 0 Å². The quantitative estimate of drug-likeness (QED) is 0.409. The molecule has 2 unspecified atom stereocenters. The third kappa shape index (κ3) is 4.14. The predicted octanol–water partition coefficient (Wildman–Crippen LogP) is 4.15. The van der Waals surface area contributed by atoms with Gasteiger partial charge in [-0.3, -0.25) is 4.99 Å². The average Bonchev–Trinajstić information content (AvgIpc) is 2.66. The van der Waals surface area contributed by atoms with Crippen molar-refractivity contribution in [1.29, 1.82) is 0 Å². The highest BCUT2D eigenvalue weighted by Gasteiger charge is 2.22. The average molecular weight is 463 g/mol. The molecule has 0 fully saturated rings. The second-order valence-electron chi connectivity index (χ2n) is 6.89. The molecule has 4 rings (SSSR count). The van der Waals surface area contributed by atoms with Crippen LogP contribution >= 0.6 is 24.0 Å². The molecule has 1 aliphatic heterocycles. The van der Waals surface area contributed by atoms with E-state index in [1.807, 2.05) is 18.2 Å². The van der Waals surface area contributed by atoms with E-state index >= 15 is 0 Å². The second-order valence-corrected chi connectivity index (χ2v) is 6.89. The molecule has 4 nitrogen and oxygen atoms in total. The number of fused-ring (bicyclic) bond motifs is 2. The fraction of sp³-hybridized carbons (Fsp3) is 0.381. The van der Waals surface area contributed by atoms with Crippen molar-refractivity contribution in [1.82, 2.24) is 5.32 Å². The molecule has 1 heterocycles. The van der Waals surface area contributed by atoms with Crippen molar-refractivity contribution in [3.05, 3.63) is 65.2 Å². The minimum atomic E-state index is 0. The summed E-state index contributed by atoms with van der Waals surface area (Å²) in [5, 5.41) is 3.39. The van der Waals surface area contributed by atoms with Gasteiger partial charge in [-0.15, -0.1) is 24.0 Å². The second kappa shape index (κ2) is 8.75. The van der Waals surface area contributed by atoms with Crippen molar-refractivity contribution in [2.45, 2.75) is 37.6 Å². The number of para-hydroxylation sites is 1. The maximum atomic E-state index is 6.20. The van der Waals surface area contributed by atoms with Crippen LogP contribution in [0.25, 0.3) is 0 Å². The lowest BCUT2D eigenvalue weighted by Crippen LogP contribution is -2.37. The molecular weight excluding hydrogens is 437 g/mol. The number of halogens is 1. The van der Waals surface area contributed by atoms with E-state index in [2.05, 4.69) is 40.6 Å². The summed E-state index contributed by atoms with van der Waals surface area (Å²) in [6.07, 6.45) is 4.51. The highest BCUT2D eigenvalue weighted by molar-refractivity contribution is 14.0. The Morgan fingerprint density at radius 2 is 1.85 bits per heavy atom. The molecule has 0 bridgehead atoms. The lowest BCUT2D eigenvalue weighted by molar-refractivity contribution is 0.262. The van der Waals surface area contributed by atoms with Crippen LogP contribution in [0.15, 0.2) is 53.5 Å². The molecule has 0 spiro atoms. The molecular formula is C21H26IN3O. The number of benzene rings is 2. The third-order valence-corrected chi connectivity index (χ3v) is 5.26.